The minimum Gasteiger partial charge on any atom is -0.398 e. The van der Waals surface area contributed by atoms with Gasteiger partial charge in [0.1, 0.15) is 0 Å². The van der Waals surface area contributed by atoms with E-state index in [1.54, 1.807) is 37.3 Å². The number of carbonyl (C=O) groups is 1. The molecule has 110 valence electrons. The van der Waals surface area contributed by atoms with Crippen LogP contribution in [0.3, 0.4) is 0 Å². The number of hydrogen-bond acceptors (Lipinski definition) is 4. The summed E-state index contributed by atoms with van der Waals surface area (Å²) in [5.41, 5.74) is 7.75. The van der Waals surface area contributed by atoms with Crippen molar-refractivity contribution in [2.24, 2.45) is 0 Å². The summed E-state index contributed by atoms with van der Waals surface area (Å²) in [6.45, 7) is 1.79. The molecule has 0 aliphatic heterocycles. The number of sulfone groups is 1. The van der Waals surface area contributed by atoms with Gasteiger partial charge in [0.2, 0.25) is 0 Å². The van der Waals surface area contributed by atoms with Crippen molar-refractivity contribution >= 4 is 27.1 Å². The third-order valence-corrected chi connectivity index (χ3v) is 4.16. The van der Waals surface area contributed by atoms with E-state index in [1.165, 1.54) is 12.1 Å². The number of hydrogen-bond donors (Lipinski definition) is 2. The number of benzene rings is 2. The van der Waals surface area contributed by atoms with Crippen LogP contribution in [0.2, 0.25) is 0 Å². The predicted octanol–water partition coefficient (Wildman–Crippen LogP) is 2.23. The summed E-state index contributed by atoms with van der Waals surface area (Å²) in [5.74, 6) is -0.365. The first-order valence-electron chi connectivity index (χ1n) is 6.25. The number of aryl methyl sites for hydroxylation is 1. The van der Waals surface area contributed by atoms with Gasteiger partial charge in [0.05, 0.1) is 10.5 Å². The number of carbonyl (C=O) groups excluding carboxylic acids is 1. The van der Waals surface area contributed by atoms with E-state index < -0.39 is 9.84 Å². The zero-order valence-electron chi connectivity index (χ0n) is 11.8. The summed E-state index contributed by atoms with van der Waals surface area (Å²) in [7, 11) is -3.32. The molecule has 21 heavy (non-hydrogen) atoms. The molecule has 0 radical (unpaired) electrons. The molecule has 1 amide bonds. The van der Waals surface area contributed by atoms with Crippen LogP contribution < -0.4 is 11.1 Å². The Morgan fingerprint density at radius 3 is 2.43 bits per heavy atom. The van der Waals surface area contributed by atoms with Gasteiger partial charge < -0.3 is 11.1 Å². The maximum Gasteiger partial charge on any atom is 0.258 e. The van der Waals surface area contributed by atoms with Crippen LogP contribution in [-0.2, 0) is 9.84 Å². The monoisotopic (exact) mass is 304 g/mol. The Hall–Kier alpha value is -2.34. The second kappa shape index (κ2) is 5.57. The molecule has 0 bridgehead atoms. The van der Waals surface area contributed by atoms with E-state index in [0.29, 0.717) is 16.9 Å². The number of rotatable bonds is 3. The van der Waals surface area contributed by atoms with Crippen LogP contribution in [0.4, 0.5) is 11.4 Å². The molecule has 0 heterocycles. The number of amides is 1. The molecule has 0 atom stereocenters. The SMILES string of the molecule is Cc1cccc(N)c1C(=O)Nc1cccc(S(C)(=O)=O)c1. The molecule has 3 N–H and O–H groups in total. The van der Waals surface area contributed by atoms with Crippen molar-refractivity contribution in [1.82, 2.24) is 0 Å². The molecule has 0 aromatic heterocycles. The standard InChI is InChI=1S/C15H16N2O3S/c1-10-5-3-8-13(16)14(10)15(18)17-11-6-4-7-12(9-11)21(2,19)20/h3-9H,16H2,1-2H3,(H,17,18). The van der Waals surface area contributed by atoms with Crippen LogP contribution in [0, 0.1) is 6.92 Å². The van der Waals surface area contributed by atoms with Crippen molar-refractivity contribution in [3.05, 3.63) is 53.6 Å². The molecule has 0 saturated heterocycles. The molecule has 0 saturated carbocycles. The maximum absolute atomic E-state index is 12.3. The second-order valence-corrected chi connectivity index (χ2v) is 6.81. The highest BCUT2D eigenvalue weighted by atomic mass is 32.2. The zero-order chi connectivity index (χ0) is 15.6. The number of nitrogens with two attached hydrogens (primary N) is 1. The summed E-state index contributed by atoms with van der Waals surface area (Å²) in [5, 5.41) is 2.67. The molecular weight excluding hydrogens is 288 g/mol. The fourth-order valence-corrected chi connectivity index (χ4v) is 2.67. The van der Waals surface area contributed by atoms with E-state index in [0.717, 1.165) is 11.8 Å². The molecule has 2 aromatic carbocycles. The van der Waals surface area contributed by atoms with Crippen molar-refractivity contribution in [2.45, 2.75) is 11.8 Å². The van der Waals surface area contributed by atoms with Crippen LogP contribution in [0.25, 0.3) is 0 Å². The predicted molar refractivity (Wildman–Crippen MR) is 83.1 cm³/mol. The van der Waals surface area contributed by atoms with Gasteiger partial charge in [0.15, 0.2) is 9.84 Å². The Bertz CT molecular complexity index is 778. The highest BCUT2D eigenvalue weighted by Gasteiger charge is 2.14. The van der Waals surface area contributed by atoms with Gasteiger partial charge in [-0.15, -0.1) is 0 Å². The molecular formula is C15H16N2O3S. The van der Waals surface area contributed by atoms with Crippen molar-refractivity contribution < 1.29 is 13.2 Å². The van der Waals surface area contributed by atoms with Gasteiger partial charge in [-0.2, -0.15) is 0 Å². The Kier molecular flexibility index (Phi) is 3.99. The fraction of sp³-hybridized carbons (Fsp3) is 0.133. The molecule has 2 aromatic rings. The quantitative estimate of drug-likeness (QED) is 0.851. The van der Waals surface area contributed by atoms with Gasteiger partial charge in [0, 0.05) is 17.6 Å². The molecule has 2 rings (SSSR count). The van der Waals surface area contributed by atoms with Gasteiger partial charge >= 0.3 is 0 Å². The lowest BCUT2D eigenvalue weighted by molar-refractivity contribution is 0.102. The average molecular weight is 304 g/mol. The largest absolute Gasteiger partial charge is 0.398 e. The van der Waals surface area contributed by atoms with Crippen molar-refractivity contribution in [3.8, 4) is 0 Å². The Morgan fingerprint density at radius 1 is 1.14 bits per heavy atom. The van der Waals surface area contributed by atoms with E-state index in [4.69, 9.17) is 5.73 Å². The highest BCUT2D eigenvalue weighted by Crippen LogP contribution is 2.20. The minimum atomic E-state index is -3.32. The Labute approximate surface area is 123 Å². The lowest BCUT2D eigenvalue weighted by Crippen LogP contribution is -2.15. The van der Waals surface area contributed by atoms with E-state index >= 15 is 0 Å². The lowest BCUT2D eigenvalue weighted by Gasteiger charge is -2.10. The van der Waals surface area contributed by atoms with E-state index in [9.17, 15) is 13.2 Å². The molecule has 0 fully saturated rings. The molecule has 0 aliphatic carbocycles. The second-order valence-electron chi connectivity index (χ2n) is 4.79. The third-order valence-electron chi connectivity index (χ3n) is 3.05. The maximum atomic E-state index is 12.3. The highest BCUT2D eigenvalue weighted by molar-refractivity contribution is 7.90. The molecule has 5 nitrogen and oxygen atoms in total. The average Bonchev–Trinajstić information content (AvgIpc) is 2.37. The molecule has 0 aliphatic rings. The topological polar surface area (TPSA) is 89.3 Å². The van der Waals surface area contributed by atoms with Gasteiger partial charge in [-0.25, -0.2) is 8.42 Å². The first-order valence-corrected chi connectivity index (χ1v) is 8.15. The first-order chi connectivity index (χ1) is 9.79. The van der Waals surface area contributed by atoms with Crippen LogP contribution >= 0.6 is 0 Å². The lowest BCUT2D eigenvalue weighted by atomic mass is 10.1. The van der Waals surface area contributed by atoms with Crippen molar-refractivity contribution in [2.75, 3.05) is 17.3 Å². The third kappa shape index (κ3) is 3.41. The van der Waals surface area contributed by atoms with Crippen LogP contribution in [0.5, 0.6) is 0 Å². The first kappa shape index (κ1) is 15.1. The van der Waals surface area contributed by atoms with Gasteiger partial charge in [-0.05, 0) is 36.8 Å². The molecule has 6 heteroatoms. The van der Waals surface area contributed by atoms with Gasteiger partial charge in [0.25, 0.3) is 5.91 Å². The van der Waals surface area contributed by atoms with E-state index in [-0.39, 0.29) is 10.8 Å². The number of nitrogen functional groups attached to an aromatic ring is 1. The fourth-order valence-electron chi connectivity index (χ4n) is 2.00. The Balaban J connectivity index is 2.33. The summed E-state index contributed by atoms with van der Waals surface area (Å²) < 4.78 is 23.0. The van der Waals surface area contributed by atoms with Gasteiger partial charge in [-0.1, -0.05) is 18.2 Å². The summed E-state index contributed by atoms with van der Waals surface area (Å²) in [6, 6.07) is 11.3. The number of anilines is 2. The van der Waals surface area contributed by atoms with Crippen molar-refractivity contribution in [3.63, 3.8) is 0 Å². The van der Waals surface area contributed by atoms with Crippen LogP contribution in [0.15, 0.2) is 47.4 Å². The van der Waals surface area contributed by atoms with Gasteiger partial charge in [-0.3, -0.25) is 4.79 Å². The Morgan fingerprint density at radius 2 is 1.81 bits per heavy atom. The summed E-state index contributed by atoms with van der Waals surface area (Å²) >= 11 is 0. The molecule has 0 spiro atoms. The summed E-state index contributed by atoms with van der Waals surface area (Å²) in [6.07, 6.45) is 1.12. The number of nitrogens with one attached hydrogen (secondary N) is 1. The molecule has 0 unspecified atom stereocenters. The smallest absolute Gasteiger partial charge is 0.258 e. The van der Waals surface area contributed by atoms with E-state index in [2.05, 4.69) is 5.32 Å². The minimum absolute atomic E-state index is 0.151. The normalized spacial score (nSPS) is 11.1. The van der Waals surface area contributed by atoms with E-state index in [1.807, 2.05) is 0 Å². The van der Waals surface area contributed by atoms with Crippen LogP contribution in [0.1, 0.15) is 15.9 Å². The van der Waals surface area contributed by atoms with Crippen molar-refractivity contribution in [1.29, 1.82) is 0 Å². The summed E-state index contributed by atoms with van der Waals surface area (Å²) in [4.78, 5) is 12.4. The zero-order valence-corrected chi connectivity index (χ0v) is 12.6. The van der Waals surface area contributed by atoms with Crippen LogP contribution in [-0.4, -0.2) is 20.6 Å².